The lowest BCUT2D eigenvalue weighted by molar-refractivity contribution is 1.21. The van der Waals surface area contributed by atoms with Crippen LogP contribution in [-0.2, 0) is 0 Å². The lowest BCUT2D eigenvalue weighted by Crippen LogP contribution is -1.77. The van der Waals surface area contributed by atoms with Gasteiger partial charge in [0.15, 0.2) is 0 Å². The Bertz CT molecular complexity index is 384. The SMILES string of the molecule is C/C=C\c1sc(C)cc1C=N/C=C/CC.CC. The summed E-state index contributed by atoms with van der Waals surface area (Å²) in [5, 5.41) is 0. The average Bonchev–Trinajstić information content (AvgIpc) is 2.68. The van der Waals surface area contributed by atoms with Crippen LogP contribution in [0.15, 0.2) is 29.4 Å². The molecule has 0 aliphatic carbocycles. The van der Waals surface area contributed by atoms with Gasteiger partial charge in [0.2, 0.25) is 0 Å². The molecule has 0 aliphatic heterocycles. The molecular formula is C15H23NS. The van der Waals surface area contributed by atoms with Crippen LogP contribution >= 0.6 is 11.3 Å². The second kappa shape index (κ2) is 10.0. The van der Waals surface area contributed by atoms with Crippen LogP contribution in [0.2, 0.25) is 0 Å². The number of aryl methyl sites for hydroxylation is 1. The van der Waals surface area contributed by atoms with Gasteiger partial charge in [0.25, 0.3) is 0 Å². The topological polar surface area (TPSA) is 12.4 Å². The lowest BCUT2D eigenvalue weighted by atomic mass is 10.2. The number of rotatable bonds is 4. The molecule has 0 amide bonds. The van der Waals surface area contributed by atoms with E-state index in [0.717, 1.165) is 6.42 Å². The highest BCUT2D eigenvalue weighted by atomic mass is 32.1. The molecule has 1 nitrogen and oxygen atoms in total. The van der Waals surface area contributed by atoms with Crippen LogP contribution in [0.4, 0.5) is 0 Å². The van der Waals surface area contributed by atoms with Gasteiger partial charge in [0.1, 0.15) is 0 Å². The van der Waals surface area contributed by atoms with E-state index in [0.29, 0.717) is 0 Å². The maximum atomic E-state index is 4.25. The van der Waals surface area contributed by atoms with E-state index in [9.17, 15) is 0 Å². The van der Waals surface area contributed by atoms with Gasteiger partial charge >= 0.3 is 0 Å². The van der Waals surface area contributed by atoms with Gasteiger partial charge in [-0.3, -0.25) is 4.99 Å². The minimum Gasteiger partial charge on any atom is -0.264 e. The Kier molecular flexibility index (Phi) is 9.35. The van der Waals surface area contributed by atoms with Gasteiger partial charge in [-0.2, -0.15) is 0 Å². The Balaban J connectivity index is 0.00000121. The van der Waals surface area contributed by atoms with Gasteiger partial charge in [0, 0.05) is 27.7 Å². The van der Waals surface area contributed by atoms with Gasteiger partial charge in [-0.25, -0.2) is 0 Å². The van der Waals surface area contributed by atoms with Crippen LogP contribution < -0.4 is 0 Å². The molecule has 0 fully saturated rings. The van der Waals surface area contributed by atoms with Crippen LogP contribution in [0.3, 0.4) is 0 Å². The van der Waals surface area contributed by atoms with Crippen molar-refractivity contribution in [1.82, 2.24) is 0 Å². The predicted molar refractivity (Wildman–Crippen MR) is 82.1 cm³/mol. The van der Waals surface area contributed by atoms with Gasteiger partial charge in [0.05, 0.1) is 0 Å². The molecule has 0 atom stereocenters. The first-order valence-electron chi connectivity index (χ1n) is 6.19. The van der Waals surface area contributed by atoms with Gasteiger partial charge in [-0.1, -0.05) is 32.9 Å². The molecule has 0 radical (unpaired) electrons. The quantitative estimate of drug-likeness (QED) is 0.628. The number of hydrogen-bond donors (Lipinski definition) is 0. The summed E-state index contributed by atoms with van der Waals surface area (Å²) in [5.74, 6) is 0. The number of allylic oxidation sites excluding steroid dienone is 2. The molecule has 2 heteroatoms. The minimum atomic E-state index is 1.03. The van der Waals surface area contributed by atoms with Crippen molar-refractivity contribution in [3.63, 3.8) is 0 Å². The average molecular weight is 249 g/mol. The molecule has 0 saturated heterocycles. The maximum absolute atomic E-state index is 4.25. The van der Waals surface area contributed by atoms with E-state index >= 15 is 0 Å². The fraction of sp³-hybridized carbons (Fsp3) is 0.400. The van der Waals surface area contributed by atoms with E-state index in [4.69, 9.17) is 0 Å². The highest BCUT2D eigenvalue weighted by Crippen LogP contribution is 2.21. The van der Waals surface area contributed by atoms with Crippen LogP contribution in [0, 0.1) is 6.92 Å². The second-order valence-corrected chi connectivity index (χ2v) is 4.54. The fourth-order valence-electron chi connectivity index (χ4n) is 1.22. The number of nitrogens with zero attached hydrogens (tertiary/aromatic N) is 1. The Labute approximate surface area is 110 Å². The zero-order valence-electron chi connectivity index (χ0n) is 11.5. The highest BCUT2D eigenvalue weighted by Gasteiger charge is 2.00. The smallest absolute Gasteiger partial charge is 0.0357 e. The van der Waals surface area contributed by atoms with Gasteiger partial charge < -0.3 is 0 Å². The van der Waals surface area contributed by atoms with Crippen molar-refractivity contribution in [1.29, 1.82) is 0 Å². The van der Waals surface area contributed by atoms with E-state index in [1.165, 1.54) is 15.3 Å². The van der Waals surface area contributed by atoms with Crippen molar-refractivity contribution < 1.29 is 0 Å². The summed E-state index contributed by atoms with van der Waals surface area (Å²) < 4.78 is 0. The molecule has 0 spiro atoms. The molecule has 1 heterocycles. The highest BCUT2D eigenvalue weighted by molar-refractivity contribution is 7.13. The predicted octanol–water partition coefficient (Wildman–Crippen LogP) is 5.46. The molecular weight excluding hydrogens is 226 g/mol. The summed E-state index contributed by atoms with van der Waals surface area (Å²) in [6.07, 6.45) is 11.0. The molecule has 1 aromatic rings. The van der Waals surface area contributed by atoms with Gasteiger partial charge in [-0.05, 0) is 32.4 Å². The molecule has 0 N–H and O–H groups in total. The van der Waals surface area contributed by atoms with Gasteiger partial charge in [-0.15, -0.1) is 11.3 Å². The number of hydrogen-bond acceptors (Lipinski definition) is 2. The van der Waals surface area contributed by atoms with Crippen molar-refractivity contribution in [2.75, 3.05) is 0 Å². The second-order valence-electron chi connectivity index (χ2n) is 3.25. The third-order valence-corrected chi connectivity index (χ3v) is 2.90. The molecule has 0 aliphatic rings. The Morgan fingerprint density at radius 3 is 2.65 bits per heavy atom. The van der Waals surface area contributed by atoms with E-state index in [-0.39, 0.29) is 0 Å². The zero-order chi connectivity index (χ0) is 13.1. The monoisotopic (exact) mass is 249 g/mol. The van der Waals surface area contributed by atoms with Crippen molar-refractivity contribution in [3.05, 3.63) is 39.7 Å². The largest absolute Gasteiger partial charge is 0.264 e. The molecule has 94 valence electrons. The standard InChI is InChI=1S/C13H17NS.C2H6/c1-4-6-8-14-10-12-9-11(3)15-13(12)7-5-2;1-2/h5-10H,4H2,1-3H3;1-2H3/b7-5-,8-6+,14-10?;. The van der Waals surface area contributed by atoms with Crippen LogP contribution in [0.1, 0.15) is 49.4 Å². The number of aliphatic imine (C=N–C) groups is 1. The zero-order valence-corrected chi connectivity index (χ0v) is 12.3. The van der Waals surface area contributed by atoms with E-state index in [1.54, 1.807) is 11.3 Å². The van der Waals surface area contributed by atoms with E-state index in [2.05, 4.69) is 37.1 Å². The third-order valence-electron chi connectivity index (χ3n) is 1.87. The minimum absolute atomic E-state index is 1.03. The number of thiophene rings is 1. The first kappa shape index (κ1) is 15.9. The van der Waals surface area contributed by atoms with Crippen LogP contribution in [0.25, 0.3) is 6.08 Å². The lowest BCUT2D eigenvalue weighted by Gasteiger charge is -1.88. The summed E-state index contributed by atoms with van der Waals surface area (Å²) in [4.78, 5) is 6.86. The maximum Gasteiger partial charge on any atom is 0.0357 e. The first-order valence-corrected chi connectivity index (χ1v) is 7.01. The molecule has 0 saturated carbocycles. The molecule has 0 unspecified atom stereocenters. The van der Waals surface area contributed by atoms with Crippen molar-refractivity contribution in [2.24, 2.45) is 4.99 Å². The summed E-state index contributed by atoms with van der Waals surface area (Å²) >= 11 is 1.80. The van der Waals surface area contributed by atoms with Crippen LogP contribution in [-0.4, -0.2) is 6.21 Å². The molecule has 0 bridgehead atoms. The normalized spacial score (nSPS) is 11.4. The summed E-state index contributed by atoms with van der Waals surface area (Å²) in [6, 6.07) is 2.17. The summed E-state index contributed by atoms with van der Waals surface area (Å²) in [5.41, 5.74) is 1.20. The van der Waals surface area contributed by atoms with Crippen molar-refractivity contribution in [3.8, 4) is 0 Å². The Morgan fingerprint density at radius 2 is 2.06 bits per heavy atom. The van der Waals surface area contributed by atoms with E-state index in [1.807, 2.05) is 39.3 Å². The Hall–Kier alpha value is -1.15. The molecule has 17 heavy (non-hydrogen) atoms. The fourth-order valence-corrected chi connectivity index (χ4v) is 2.19. The van der Waals surface area contributed by atoms with Crippen molar-refractivity contribution >= 4 is 23.6 Å². The van der Waals surface area contributed by atoms with Crippen LogP contribution in [0.5, 0.6) is 0 Å². The third kappa shape index (κ3) is 6.22. The molecule has 1 aromatic heterocycles. The molecule has 1 rings (SSSR count). The first-order chi connectivity index (χ1) is 8.27. The molecule has 0 aromatic carbocycles. The summed E-state index contributed by atoms with van der Waals surface area (Å²) in [6.45, 7) is 10.3. The van der Waals surface area contributed by atoms with E-state index < -0.39 is 0 Å². The van der Waals surface area contributed by atoms with Crippen molar-refractivity contribution in [2.45, 2.75) is 41.0 Å². The summed E-state index contributed by atoms with van der Waals surface area (Å²) in [7, 11) is 0. The Morgan fingerprint density at radius 1 is 1.35 bits per heavy atom.